The molecule has 2 aromatic rings. The Hall–Kier alpha value is -2.93. The molecule has 0 saturated carbocycles. The molecule has 0 bridgehead atoms. The quantitative estimate of drug-likeness (QED) is 0.608. The van der Waals surface area contributed by atoms with Gasteiger partial charge >= 0.3 is 0 Å². The van der Waals surface area contributed by atoms with Gasteiger partial charge in [-0.2, -0.15) is 0 Å². The van der Waals surface area contributed by atoms with Crippen molar-refractivity contribution in [1.82, 2.24) is 0 Å². The van der Waals surface area contributed by atoms with Crippen molar-refractivity contribution in [3.63, 3.8) is 0 Å². The molecule has 2 N–H and O–H groups in total. The van der Waals surface area contributed by atoms with E-state index in [0.29, 0.717) is 17.9 Å². The maximum atomic E-state index is 12.7. The minimum absolute atomic E-state index is 0.0953. The second-order valence-corrected chi connectivity index (χ2v) is 6.33. The van der Waals surface area contributed by atoms with Crippen LogP contribution in [0.4, 0.5) is 17.1 Å². The van der Waals surface area contributed by atoms with Crippen LogP contribution in [0.25, 0.3) is 0 Å². The number of nitrogens with zero attached hydrogens (tertiary/aromatic N) is 1. The molecule has 7 heteroatoms. The summed E-state index contributed by atoms with van der Waals surface area (Å²) in [6.07, 6.45) is 2.08. The molecule has 7 nitrogen and oxygen atoms in total. The minimum atomic E-state index is -0.507. The predicted octanol–water partition coefficient (Wildman–Crippen LogP) is 3.75. The van der Waals surface area contributed by atoms with Gasteiger partial charge in [-0.1, -0.05) is 12.1 Å². The van der Waals surface area contributed by atoms with Gasteiger partial charge in [0.25, 0.3) is 11.6 Å². The van der Waals surface area contributed by atoms with E-state index >= 15 is 0 Å². The van der Waals surface area contributed by atoms with Gasteiger partial charge < -0.3 is 15.4 Å². The Labute approximate surface area is 151 Å². The van der Waals surface area contributed by atoms with E-state index in [4.69, 9.17) is 4.74 Å². The summed E-state index contributed by atoms with van der Waals surface area (Å²) in [6, 6.07) is 11.6. The molecule has 1 atom stereocenters. The molecule has 0 radical (unpaired) electrons. The van der Waals surface area contributed by atoms with Crippen molar-refractivity contribution in [2.45, 2.75) is 25.9 Å². The lowest BCUT2D eigenvalue weighted by molar-refractivity contribution is -0.384. The Bertz CT molecular complexity index is 816. The van der Waals surface area contributed by atoms with Crippen LogP contribution in [0.3, 0.4) is 0 Å². The zero-order chi connectivity index (χ0) is 18.5. The van der Waals surface area contributed by atoms with Crippen molar-refractivity contribution in [2.24, 2.45) is 0 Å². The minimum Gasteiger partial charge on any atom is -0.382 e. The van der Waals surface area contributed by atoms with Gasteiger partial charge in [0.05, 0.1) is 16.6 Å². The molecule has 1 fully saturated rings. The second-order valence-electron chi connectivity index (χ2n) is 6.33. The Morgan fingerprint density at radius 3 is 2.85 bits per heavy atom. The summed E-state index contributed by atoms with van der Waals surface area (Å²) in [6.45, 7) is 3.23. The third kappa shape index (κ3) is 4.37. The SMILES string of the molecule is Cc1cccc(NC(=O)c2cc([N+](=O)[O-])ccc2NC[C@H]2CCCO2)c1. The fraction of sp³-hybridized carbons (Fsp3) is 0.316. The van der Waals surface area contributed by atoms with Gasteiger partial charge in [0.2, 0.25) is 0 Å². The molecule has 1 saturated heterocycles. The highest BCUT2D eigenvalue weighted by molar-refractivity contribution is 6.08. The summed E-state index contributed by atoms with van der Waals surface area (Å²) in [5.41, 5.74) is 2.32. The van der Waals surface area contributed by atoms with E-state index in [9.17, 15) is 14.9 Å². The standard InChI is InChI=1S/C19H21N3O4/c1-13-4-2-5-14(10-13)21-19(23)17-11-15(22(24)25)7-8-18(17)20-12-16-6-3-9-26-16/h2,4-5,7-8,10-11,16,20H,3,6,9,12H2,1H3,(H,21,23)/t16-/m1/s1. The first-order valence-corrected chi connectivity index (χ1v) is 8.55. The number of hydrogen-bond acceptors (Lipinski definition) is 5. The molecule has 0 spiro atoms. The summed E-state index contributed by atoms with van der Waals surface area (Å²) in [4.78, 5) is 23.3. The molecular formula is C19H21N3O4. The molecule has 0 aromatic heterocycles. The molecule has 0 unspecified atom stereocenters. The lowest BCUT2D eigenvalue weighted by Gasteiger charge is -2.15. The molecule has 1 aliphatic rings. The summed E-state index contributed by atoms with van der Waals surface area (Å²) in [5, 5.41) is 17.1. The van der Waals surface area contributed by atoms with Gasteiger partial charge in [-0.3, -0.25) is 14.9 Å². The average Bonchev–Trinajstić information content (AvgIpc) is 3.13. The van der Waals surface area contributed by atoms with Crippen LogP contribution in [0.2, 0.25) is 0 Å². The second kappa shape index (κ2) is 7.97. The van der Waals surface area contributed by atoms with E-state index in [1.807, 2.05) is 25.1 Å². The zero-order valence-corrected chi connectivity index (χ0v) is 14.5. The van der Waals surface area contributed by atoms with Crippen molar-refractivity contribution in [3.05, 3.63) is 63.7 Å². The highest BCUT2D eigenvalue weighted by Gasteiger charge is 2.20. The van der Waals surface area contributed by atoms with Crippen molar-refractivity contribution in [3.8, 4) is 0 Å². The lowest BCUT2D eigenvalue weighted by atomic mass is 10.1. The Morgan fingerprint density at radius 2 is 2.15 bits per heavy atom. The molecule has 1 amide bonds. The number of benzene rings is 2. The fourth-order valence-electron chi connectivity index (χ4n) is 2.94. The van der Waals surface area contributed by atoms with Crippen LogP contribution in [0.1, 0.15) is 28.8 Å². The van der Waals surface area contributed by atoms with Gasteiger partial charge in [0.1, 0.15) is 0 Å². The summed E-state index contributed by atoms with van der Waals surface area (Å²) in [7, 11) is 0. The first-order chi connectivity index (χ1) is 12.5. The number of carbonyl (C=O) groups excluding carboxylic acids is 1. The van der Waals surface area contributed by atoms with Gasteiger partial charge in [-0.15, -0.1) is 0 Å². The zero-order valence-electron chi connectivity index (χ0n) is 14.5. The molecule has 2 aromatic carbocycles. The van der Waals surface area contributed by atoms with Crippen LogP contribution in [-0.4, -0.2) is 30.1 Å². The number of ether oxygens (including phenoxy) is 1. The van der Waals surface area contributed by atoms with Gasteiger partial charge in [0, 0.05) is 36.7 Å². The Kier molecular flexibility index (Phi) is 5.48. The van der Waals surface area contributed by atoms with Crippen LogP contribution in [0.5, 0.6) is 0 Å². The average molecular weight is 355 g/mol. The van der Waals surface area contributed by atoms with Gasteiger partial charge in [-0.25, -0.2) is 0 Å². The van der Waals surface area contributed by atoms with Crippen LogP contribution >= 0.6 is 0 Å². The van der Waals surface area contributed by atoms with Crippen molar-refractivity contribution < 1.29 is 14.5 Å². The predicted molar refractivity (Wildman–Crippen MR) is 99.7 cm³/mol. The molecule has 136 valence electrons. The van der Waals surface area contributed by atoms with E-state index in [1.165, 1.54) is 12.1 Å². The van der Waals surface area contributed by atoms with E-state index in [1.54, 1.807) is 12.1 Å². The van der Waals surface area contributed by atoms with E-state index in [-0.39, 0.29) is 17.4 Å². The van der Waals surface area contributed by atoms with Gasteiger partial charge in [-0.05, 0) is 43.5 Å². The van der Waals surface area contributed by atoms with E-state index in [0.717, 1.165) is 25.0 Å². The number of anilines is 2. The topological polar surface area (TPSA) is 93.5 Å². The Balaban J connectivity index is 1.82. The fourth-order valence-corrected chi connectivity index (χ4v) is 2.94. The van der Waals surface area contributed by atoms with E-state index < -0.39 is 10.8 Å². The number of hydrogen-bond donors (Lipinski definition) is 2. The molecule has 3 rings (SSSR count). The molecular weight excluding hydrogens is 334 g/mol. The number of amides is 1. The number of nitrogens with one attached hydrogen (secondary N) is 2. The maximum absolute atomic E-state index is 12.7. The number of nitro groups is 1. The van der Waals surface area contributed by atoms with Crippen LogP contribution < -0.4 is 10.6 Å². The molecule has 0 aliphatic carbocycles. The molecule has 1 heterocycles. The highest BCUT2D eigenvalue weighted by Crippen LogP contribution is 2.24. The van der Waals surface area contributed by atoms with Crippen LogP contribution in [-0.2, 0) is 4.74 Å². The first-order valence-electron chi connectivity index (χ1n) is 8.55. The number of rotatable bonds is 6. The summed E-state index contributed by atoms with van der Waals surface area (Å²) in [5.74, 6) is -0.394. The third-order valence-electron chi connectivity index (χ3n) is 4.28. The molecule has 26 heavy (non-hydrogen) atoms. The van der Waals surface area contributed by atoms with E-state index in [2.05, 4.69) is 10.6 Å². The number of nitro benzene ring substituents is 1. The number of carbonyl (C=O) groups is 1. The normalized spacial score (nSPS) is 16.3. The lowest BCUT2D eigenvalue weighted by Crippen LogP contribution is -2.21. The van der Waals surface area contributed by atoms with Gasteiger partial charge in [0.15, 0.2) is 0 Å². The van der Waals surface area contributed by atoms with Crippen LogP contribution in [0, 0.1) is 17.0 Å². The third-order valence-corrected chi connectivity index (χ3v) is 4.28. The summed E-state index contributed by atoms with van der Waals surface area (Å²) >= 11 is 0. The smallest absolute Gasteiger partial charge is 0.270 e. The van der Waals surface area contributed by atoms with Crippen molar-refractivity contribution >= 4 is 23.0 Å². The summed E-state index contributed by atoms with van der Waals surface area (Å²) < 4.78 is 5.57. The maximum Gasteiger partial charge on any atom is 0.270 e. The van der Waals surface area contributed by atoms with Crippen molar-refractivity contribution in [2.75, 3.05) is 23.8 Å². The van der Waals surface area contributed by atoms with Crippen LogP contribution in [0.15, 0.2) is 42.5 Å². The Morgan fingerprint density at radius 1 is 1.31 bits per heavy atom. The first kappa shape index (κ1) is 17.9. The molecule has 1 aliphatic heterocycles. The number of aryl methyl sites for hydroxylation is 1. The highest BCUT2D eigenvalue weighted by atomic mass is 16.6. The largest absolute Gasteiger partial charge is 0.382 e. The monoisotopic (exact) mass is 355 g/mol. The van der Waals surface area contributed by atoms with Crippen molar-refractivity contribution in [1.29, 1.82) is 0 Å². The number of non-ortho nitro benzene ring substituents is 1.